The van der Waals surface area contributed by atoms with Crippen LogP contribution in [-0.2, 0) is 0 Å². The quantitative estimate of drug-likeness (QED) is 0.783. The second kappa shape index (κ2) is 6.97. The summed E-state index contributed by atoms with van der Waals surface area (Å²) in [6.07, 6.45) is 0. The van der Waals surface area contributed by atoms with Crippen molar-refractivity contribution in [1.29, 1.82) is 0 Å². The molecule has 2 aromatic rings. The molecule has 0 aliphatic carbocycles. The van der Waals surface area contributed by atoms with E-state index >= 15 is 0 Å². The van der Waals surface area contributed by atoms with Crippen molar-refractivity contribution < 1.29 is 4.74 Å². The third-order valence-electron chi connectivity index (χ3n) is 3.65. The summed E-state index contributed by atoms with van der Waals surface area (Å²) in [5.41, 5.74) is 2.33. The molecular formula is C18H22ClNO. The van der Waals surface area contributed by atoms with E-state index in [-0.39, 0.29) is 6.04 Å². The Morgan fingerprint density at radius 1 is 1.00 bits per heavy atom. The Bertz CT molecular complexity index is 610. The van der Waals surface area contributed by atoms with Crippen molar-refractivity contribution in [1.82, 2.24) is 5.32 Å². The second-order valence-electron chi connectivity index (χ2n) is 5.49. The van der Waals surface area contributed by atoms with E-state index < -0.39 is 0 Å². The average molecular weight is 304 g/mol. The summed E-state index contributed by atoms with van der Waals surface area (Å²) < 4.78 is 6.02. The van der Waals surface area contributed by atoms with Crippen LogP contribution in [0, 0.1) is 0 Å². The van der Waals surface area contributed by atoms with Crippen LogP contribution in [0.15, 0.2) is 42.5 Å². The van der Waals surface area contributed by atoms with Gasteiger partial charge in [-0.15, -0.1) is 0 Å². The number of hydrogen-bond donors (Lipinski definition) is 1. The third kappa shape index (κ3) is 3.78. The van der Waals surface area contributed by atoms with Gasteiger partial charge in [0.1, 0.15) is 11.5 Å². The fraction of sp³-hybridized carbons (Fsp3) is 0.333. The zero-order valence-electron chi connectivity index (χ0n) is 13.0. The Kier molecular flexibility index (Phi) is 5.27. The lowest BCUT2D eigenvalue weighted by molar-refractivity contribution is 0.473. The summed E-state index contributed by atoms with van der Waals surface area (Å²) in [5, 5.41) is 3.83. The fourth-order valence-corrected chi connectivity index (χ4v) is 2.43. The number of para-hydroxylation sites is 1. The summed E-state index contributed by atoms with van der Waals surface area (Å²) in [6, 6.07) is 14.3. The van der Waals surface area contributed by atoms with Gasteiger partial charge in [-0.05, 0) is 49.2 Å². The van der Waals surface area contributed by atoms with Crippen molar-refractivity contribution in [2.75, 3.05) is 7.05 Å². The first-order valence-electron chi connectivity index (χ1n) is 7.26. The Balaban J connectivity index is 2.28. The van der Waals surface area contributed by atoms with Gasteiger partial charge in [-0.2, -0.15) is 0 Å². The van der Waals surface area contributed by atoms with Crippen LogP contribution >= 0.6 is 11.6 Å². The lowest BCUT2D eigenvalue weighted by atomic mass is 10.0. The van der Waals surface area contributed by atoms with Crippen LogP contribution in [0.5, 0.6) is 11.5 Å². The van der Waals surface area contributed by atoms with E-state index in [1.165, 1.54) is 5.56 Å². The van der Waals surface area contributed by atoms with Gasteiger partial charge in [-0.25, -0.2) is 0 Å². The van der Waals surface area contributed by atoms with Gasteiger partial charge in [0.25, 0.3) is 0 Å². The molecule has 0 heterocycles. The van der Waals surface area contributed by atoms with E-state index in [2.05, 4.69) is 32.2 Å². The summed E-state index contributed by atoms with van der Waals surface area (Å²) in [7, 11) is 1.93. The first-order valence-corrected chi connectivity index (χ1v) is 7.64. The van der Waals surface area contributed by atoms with E-state index in [0.717, 1.165) is 11.3 Å². The van der Waals surface area contributed by atoms with E-state index in [1.54, 1.807) is 0 Å². The molecule has 1 atom stereocenters. The molecule has 0 aliphatic heterocycles. The highest BCUT2D eigenvalue weighted by Crippen LogP contribution is 2.35. The lowest BCUT2D eigenvalue weighted by Crippen LogP contribution is -2.12. The van der Waals surface area contributed by atoms with Gasteiger partial charge in [-0.1, -0.05) is 49.7 Å². The highest BCUT2D eigenvalue weighted by Gasteiger charge is 2.11. The Morgan fingerprint density at radius 3 is 2.33 bits per heavy atom. The number of hydrogen-bond acceptors (Lipinski definition) is 2. The second-order valence-corrected chi connectivity index (χ2v) is 5.90. The molecule has 3 heteroatoms. The number of halogens is 1. The normalized spacial score (nSPS) is 12.5. The number of ether oxygens (including phenoxy) is 1. The minimum atomic E-state index is 0.263. The first kappa shape index (κ1) is 15.9. The Morgan fingerprint density at radius 2 is 1.71 bits per heavy atom. The molecule has 1 unspecified atom stereocenters. The summed E-state index contributed by atoms with van der Waals surface area (Å²) in [5.74, 6) is 1.96. The molecule has 0 saturated carbocycles. The molecule has 112 valence electrons. The minimum absolute atomic E-state index is 0.263. The lowest BCUT2D eigenvalue weighted by Gasteiger charge is -2.16. The van der Waals surface area contributed by atoms with Crippen molar-refractivity contribution in [2.45, 2.75) is 32.7 Å². The molecule has 0 bridgehead atoms. The first-order chi connectivity index (χ1) is 10.0. The maximum absolute atomic E-state index is 6.36. The van der Waals surface area contributed by atoms with E-state index in [1.807, 2.05) is 43.4 Å². The van der Waals surface area contributed by atoms with Crippen LogP contribution in [-0.4, -0.2) is 7.05 Å². The smallest absolute Gasteiger partial charge is 0.146 e. The number of rotatable bonds is 5. The average Bonchev–Trinajstić information content (AvgIpc) is 2.48. The molecule has 1 N–H and O–H groups in total. The molecule has 2 nitrogen and oxygen atoms in total. The molecule has 0 fully saturated rings. The van der Waals surface area contributed by atoms with Crippen LogP contribution in [0.2, 0.25) is 5.02 Å². The summed E-state index contributed by atoms with van der Waals surface area (Å²) >= 11 is 6.36. The molecule has 0 aliphatic rings. The van der Waals surface area contributed by atoms with E-state index in [0.29, 0.717) is 16.7 Å². The van der Waals surface area contributed by atoms with Gasteiger partial charge >= 0.3 is 0 Å². The van der Waals surface area contributed by atoms with Crippen molar-refractivity contribution >= 4 is 11.6 Å². The number of benzene rings is 2. The van der Waals surface area contributed by atoms with Crippen molar-refractivity contribution in [3.8, 4) is 11.5 Å². The minimum Gasteiger partial charge on any atom is -0.456 e. The SMILES string of the molecule is CNC(C)c1ccc(Oc2ccccc2C(C)C)c(Cl)c1. The highest BCUT2D eigenvalue weighted by molar-refractivity contribution is 6.32. The van der Waals surface area contributed by atoms with Crippen LogP contribution < -0.4 is 10.1 Å². The van der Waals surface area contributed by atoms with Gasteiger partial charge in [0, 0.05) is 6.04 Å². The van der Waals surface area contributed by atoms with Gasteiger partial charge in [0.15, 0.2) is 0 Å². The van der Waals surface area contributed by atoms with Crippen LogP contribution in [0.1, 0.15) is 43.9 Å². The van der Waals surface area contributed by atoms with Crippen molar-refractivity contribution in [3.63, 3.8) is 0 Å². The molecule has 2 aromatic carbocycles. The maximum atomic E-state index is 6.36. The van der Waals surface area contributed by atoms with E-state index in [9.17, 15) is 0 Å². The zero-order valence-corrected chi connectivity index (χ0v) is 13.7. The van der Waals surface area contributed by atoms with Gasteiger partial charge in [-0.3, -0.25) is 0 Å². The molecule has 21 heavy (non-hydrogen) atoms. The Labute approximate surface area is 132 Å². The monoisotopic (exact) mass is 303 g/mol. The van der Waals surface area contributed by atoms with E-state index in [4.69, 9.17) is 16.3 Å². The highest BCUT2D eigenvalue weighted by atomic mass is 35.5. The predicted octanol–water partition coefficient (Wildman–Crippen LogP) is 5.54. The fourth-order valence-electron chi connectivity index (χ4n) is 2.20. The molecule has 0 aromatic heterocycles. The zero-order chi connectivity index (χ0) is 15.4. The predicted molar refractivity (Wildman–Crippen MR) is 89.5 cm³/mol. The molecule has 2 rings (SSSR count). The molecule has 0 saturated heterocycles. The van der Waals surface area contributed by atoms with Gasteiger partial charge in [0.05, 0.1) is 5.02 Å². The molecule has 0 radical (unpaired) electrons. The van der Waals surface area contributed by atoms with Gasteiger partial charge in [0.2, 0.25) is 0 Å². The topological polar surface area (TPSA) is 21.3 Å². The van der Waals surface area contributed by atoms with Crippen LogP contribution in [0.3, 0.4) is 0 Å². The molecular weight excluding hydrogens is 282 g/mol. The maximum Gasteiger partial charge on any atom is 0.146 e. The largest absolute Gasteiger partial charge is 0.456 e. The van der Waals surface area contributed by atoms with Gasteiger partial charge < -0.3 is 10.1 Å². The summed E-state index contributed by atoms with van der Waals surface area (Å²) in [4.78, 5) is 0. The summed E-state index contributed by atoms with van der Waals surface area (Å²) in [6.45, 7) is 6.41. The standard InChI is InChI=1S/C18H22ClNO/c1-12(2)15-7-5-6-8-17(15)21-18-10-9-14(11-16(18)19)13(3)20-4/h5-13,20H,1-4H3. The molecule has 0 amide bonds. The molecule has 0 spiro atoms. The van der Waals surface area contributed by atoms with Crippen LogP contribution in [0.4, 0.5) is 0 Å². The van der Waals surface area contributed by atoms with Crippen molar-refractivity contribution in [2.24, 2.45) is 0 Å². The van der Waals surface area contributed by atoms with Crippen LogP contribution in [0.25, 0.3) is 0 Å². The van der Waals surface area contributed by atoms with Crippen molar-refractivity contribution in [3.05, 3.63) is 58.6 Å². The number of nitrogens with one attached hydrogen (secondary N) is 1. The Hall–Kier alpha value is -1.51. The third-order valence-corrected chi connectivity index (χ3v) is 3.95.